The molecule has 2 atom stereocenters. The van der Waals surface area contributed by atoms with E-state index in [9.17, 15) is 4.39 Å². The monoisotopic (exact) mass is 497 g/mol. The van der Waals surface area contributed by atoms with Crippen molar-refractivity contribution in [3.8, 4) is 5.75 Å². The van der Waals surface area contributed by atoms with Crippen LogP contribution in [-0.2, 0) is 6.42 Å². The quantitative estimate of drug-likeness (QED) is 0.372. The normalized spacial score (nSPS) is 21.8. The van der Waals surface area contributed by atoms with E-state index >= 15 is 0 Å². The van der Waals surface area contributed by atoms with Gasteiger partial charge >= 0.3 is 0 Å². The second-order valence-electron chi connectivity index (χ2n) is 10.9. The largest absolute Gasteiger partial charge is 0.488 e. The number of hydrogen-bond acceptors (Lipinski definition) is 3. The average Bonchev–Trinajstić information content (AvgIpc) is 3.13. The number of aromatic amines is 1. The van der Waals surface area contributed by atoms with Crippen LogP contribution in [0.2, 0.25) is 5.02 Å². The van der Waals surface area contributed by atoms with Crippen molar-refractivity contribution >= 4 is 22.5 Å². The van der Waals surface area contributed by atoms with Crippen LogP contribution in [0.5, 0.6) is 5.75 Å². The molecular weight excluding hydrogens is 461 g/mol. The van der Waals surface area contributed by atoms with Crippen molar-refractivity contribution in [1.82, 2.24) is 14.8 Å². The lowest BCUT2D eigenvalue weighted by molar-refractivity contribution is 0.0193. The van der Waals surface area contributed by atoms with E-state index in [1.54, 1.807) is 13.8 Å². The Morgan fingerprint density at radius 1 is 1.17 bits per heavy atom. The molecule has 2 aliphatic rings. The Hall–Kier alpha value is -2.08. The predicted octanol–water partition coefficient (Wildman–Crippen LogP) is 6.77. The fraction of sp³-hybridized carbons (Fsp3) is 0.517. The highest BCUT2D eigenvalue weighted by Crippen LogP contribution is 2.44. The number of benzene rings is 2. The summed E-state index contributed by atoms with van der Waals surface area (Å²) in [4.78, 5) is 8.35. The second kappa shape index (κ2) is 9.76. The van der Waals surface area contributed by atoms with E-state index in [-0.39, 0.29) is 18.2 Å². The lowest BCUT2D eigenvalue weighted by atomic mass is 9.87. The first kappa shape index (κ1) is 24.6. The summed E-state index contributed by atoms with van der Waals surface area (Å²) in [5, 5.41) is 1.90. The molecule has 0 spiro atoms. The van der Waals surface area contributed by atoms with E-state index in [4.69, 9.17) is 16.3 Å². The van der Waals surface area contributed by atoms with Gasteiger partial charge in [-0.2, -0.15) is 0 Å². The molecule has 188 valence electrons. The molecule has 0 aliphatic carbocycles. The number of unbranched alkanes of at least 4 members (excludes halogenated alkanes) is 1. The molecule has 6 heteroatoms. The van der Waals surface area contributed by atoms with Crippen LogP contribution in [0.4, 0.5) is 4.39 Å². The van der Waals surface area contributed by atoms with E-state index in [1.165, 1.54) is 23.8 Å². The van der Waals surface area contributed by atoms with Crippen molar-refractivity contribution in [1.29, 1.82) is 0 Å². The third-order valence-corrected chi connectivity index (χ3v) is 7.72. The second-order valence-corrected chi connectivity index (χ2v) is 11.4. The number of fused-ring (bicyclic) bond motifs is 3. The van der Waals surface area contributed by atoms with E-state index in [2.05, 4.69) is 52.9 Å². The van der Waals surface area contributed by atoms with Crippen LogP contribution in [0.1, 0.15) is 63.4 Å². The number of hydrogen-bond donors (Lipinski definition) is 1. The van der Waals surface area contributed by atoms with Crippen molar-refractivity contribution < 1.29 is 9.13 Å². The van der Waals surface area contributed by atoms with Gasteiger partial charge in [-0.3, -0.25) is 9.80 Å². The Morgan fingerprint density at radius 2 is 1.94 bits per heavy atom. The first-order valence-corrected chi connectivity index (χ1v) is 13.3. The van der Waals surface area contributed by atoms with Crippen LogP contribution >= 0.6 is 11.6 Å². The molecule has 0 saturated carbocycles. The predicted molar refractivity (Wildman–Crippen MR) is 142 cm³/mol. The molecule has 1 N–H and O–H groups in total. The van der Waals surface area contributed by atoms with Gasteiger partial charge < -0.3 is 9.72 Å². The molecule has 4 nitrogen and oxygen atoms in total. The van der Waals surface area contributed by atoms with Crippen molar-refractivity contribution in [3.05, 3.63) is 64.3 Å². The third kappa shape index (κ3) is 5.09. The molecule has 2 aliphatic heterocycles. The molecule has 3 aromatic rings. The zero-order chi connectivity index (χ0) is 24.7. The van der Waals surface area contributed by atoms with E-state index in [0.717, 1.165) is 48.6 Å². The zero-order valence-corrected chi connectivity index (χ0v) is 22.0. The SMILES string of the molecule is CCCCN1CC(Oc2ccc([C@@H]3c4[nH]c5ccccc5c4C[C@@H](C)N3CC(C)(C)F)c(Cl)c2)C1. The van der Waals surface area contributed by atoms with Crippen LogP contribution < -0.4 is 4.74 Å². The van der Waals surface area contributed by atoms with Crippen LogP contribution in [0, 0.1) is 0 Å². The average molecular weight is 498 g/mol. The number of halogens is 2. The van der Waals surface area contributed by atoms with Gasteiger partial charge in [-0.15, -0.1) is 0 Å². The Labute approximate surface area is 213 Å². The van der Waals surface area contributed by atoms with Gasteiger partial charge in [0.15, 0.2) is 0 Å². The number of nitrogens with zero attached hydrogens (tertiary/aromatic N) is 2. The summed E-state index contributed by atoms with van der Waals surface area (Å²) in [5.41, 5.74) is 3.21. The highest BCUT2D eigenvalue weighted by molar-refractivity contribution is 6.31. The fourth-order valence-electron chi connectivity index (χ4n) is 5.68. The van der Waals surface area contributed by atoms with Gasteiger partial charge in [0.2, 0.25) is 0 Å². The highest BCUT2D eigenvalue weighted by atomic mass is 35.5. The van der Waals surface area contributed by atoms with Gasteiger partial charge in [0, 0.05) is 47.3 Å². The summed E-state index contributed by atoms with van der Waals surface area (Å²) in [6.45, 7) is 11.1. The molecule has 35 heavy (non-hydrogen) atoms. The summed E-state index contributed by atoms with van der Waals surface area (Å²) in [5.74, 6) is 0.803. The summed E-state index contributed by atoms with van der Waals surface area (Å²) in [7, 11) is 0. The molecule has 0 amide bonds. The van der Waals surface area contributed by atoms with Gasteiger partial charge in [-0.05, 0) is 69.5 Å². The lowest BCUT2D eigenvalue weighted by Crippen LogP contribution is -2.53. The van der Waals surface area contributed by atoms with Crippen molar-refractivity contribution in [2.24, 2.45) is 0 Å². The molecule has 1 fully saturated rings. The number of ether oxygens (including phenoxy) is 1. The van der Waals surface area contributed by atoms with Crippen LogP contribution in [0.15, 0.2) is 42.5 Å². The molecule has 2 aromatic carbocycles. The molecule has 0 radical (unpaired) electrons. The molecule has 1 aromatic heterocycles. The van der Waals surface area contributed by atoms with Gasteiger partial charge in [-0.1, -0.05) is 49.2 Å². The molecule has 3 heterocycles. The van der Waals surface area contributed by atoms with Crippen LogP contribution in [0.3, 0.4) is 0 Å². The van der Waals surface area contributed by atoms with Crippen LogP contribution in [0.25, 0.3) is 10.9 Å². The topological polar surface area (TPSA) is 31.5 Å². The summed E-state index contributed by atoms with van der Waals surface area (Å²) < 4.78 is 21.2. The van der Waals surface area contributed by atoms with Gasteiger partial charge in [-0.25, -0.2) is 4.39 Å². The first-order chi connectivity index (χ1) is 16.7. The van der Waals surface area contributed by atoms with Gasteiger partial charge in [0.05, 0.1) is 6.04 Å². The minimum absolute atomic E-state index is 0.147. The summed E-state index contributed by atoms with van der Waals surface area (Å²) in [6, 6.07) is 14.5. The molecule has 5 rings (SSSR count). The number of H-pyrrole nitrogens is 1. The molecule has 0 unspecified atom stereocenters. The summed E-state index contributed by atoms with van der Waals surface area (Å²) in [6.07, 6.45) is 3.54. The van der Waals surface area contributed by atoms with E-state index in [0.29, 0.717) is 11.6 Å². The van der Waals surface area contributed by atoms with E-state index in [1.807, 2.05) is 18.2 Å². The lowest BCUT2D eigenvalue weighted by Gasteiger charge is -2.43. The zero-order valence-electron chi connectivity index (χ0n) is 21.3. The number of para-hydroxylation sites is 1. The highest BCUT2D eigenvalue weighted by Gasteiger charge is 2.39. The smallest absolute Gasteiger partial charge is 0.124 e. The van der Waals surface area contributed by atoms with E-state index < -0.39 is 5.67 Å². The molecule has 1 saturated heterocycles. The minimum Gasteiger partial charge on any atom is -0.488 e. The summed E-state index contributed by atoms with van der Waals surface area (Å²) >= 11 is 6.93. The van der Waals surface area contributed by atoms with Crippen LogP contribution in [-0.4, -0.2) is 58.8 Å². The Morgan fingerprint density at radius 3 is 2.66 bits per heavy atom. The Balaban J connectivity index is 1.45. The van der Waals surface area contributed by atoms with Gasteiger partial charge in [0.25, 0.3) is 0 Å². The standard InChI is InChI=1S/C29H37ClFN3O/c1-5-6-13-33-16-21(17-33)35-20-11-12-23(25(30)15-20)28-27-24(22-9-7-8-10-26(22)32-27)14-19(2)34(28)18-29(3,4)31/h7-12,15,19,21,28,32H,5-6,13-14,16-18H2,1-4H3/t19-,28-/m1/s1. The van der Waals surface area contributed by atoms with Crippen molar-refractivity contribution in [2.75, 3.05) is 26.2 Å². The maximum Gasteiger partial charge on any atom is 0.124 e. The Kier molecular flexibility index (Phi) is 6.86. The maximum absolute atomic E-state index is 15.0. The number of nitrogens with one attached hydrogen (secondary N) is 1. The number of rotatable bonds is 8. The molecular formula is C29H37ClFN3O. The first-order valence-electron chi connectivity index (χ1n) is 13.0. The van der Waals surface area contributed by atoms with Crippen molar-refractivity contribution in [3.63, 3.8) is 0 Å². The Bertz CT molecular complexity index is 1180. The minimum atomic E-state index is -1.32. The fourth-order valence-corrected chi connectivity index (χ4v) is 5.95. The molecule has 0 bridgehead atoms. The van der Waals surface area contributed by atoms with Crippen molar-refractivity contribution in [2.45, 2.75) is 70.8 Å². The number of likely N-dealkylation sites (tertiary alicyclic amines) is 1. The number of alkyl halides is 1. The van der Waals surface area contributed by atoms with Gasteiger partial charge in [0.1, 0.15) is 17.5 Å². The maximum atomic E-state index is 15.0. The number of aromatic nitrogens is 1. The third-order valence-electron chi connectivity index (χ3n) is 7.40.